The summed E-state index contributed by atoms with van der Waals surface area (Å²) in [5, 5.41) is 2.28. The molecule has 2 heterocycles. The minimum Gasteiger partial charge on any atom is -0.326 e. The Bertz CT molecular complexity index is 313. The summed E-state index contributed by atoms with van der Waals surface area (Å²) in [6.45, 7) is 6.57. The third kappa shape index (κ3) is 2.60. The van der Waals surface area contributed by atoms with Gasteiger partial charge in [0.1, 0.15) is 0 Å². The molecule has 3 heteroatoms. The van der Waals surface area contributed by atoms with Gasteiger partial charge in [-0.05, 0) is 49.4 Å². The van der Waals surface area contributed by atoms with E-state index in [9.17, 15) is 0 Å². The Morgan fingerprint density at radius 3 is 2.67 bits per heavy atom. The largest absolute Gasteiger partial charge is 0.326 e. The molecule has 2 N–H and O–H groups in total. The standard InChI is InChI=1S/C12H20N2S/c1-10-11(9-15-12(10)7-13)8-14-5-3-2-4-6-14/h9H,2-8,13H2,1H3. The van der Waals surface area contributed by atoms with Crippen molar-refractivity contribution in [2.75, 3.05) is 13.1 Å². The zero-order chi connectivity index (χ0) is 10.7. The van der Waals surface area contributed by atoms with Crippen LogP contribution in [0.4, 0.5) is 0 Å². The van der Waals surface area contributed by atoms with Gasteiger partial charge < -0.3 is 5.73 Å². The highest BCUT2D eigenvalue weighted by Crippen LogP contribution is 2.23. The first kappa shape index (κ1) is 11.1. The first-order valence-electron chi connectivity index (χ1n) is 5.79. The van der Waals surface area contributed by atoms with Gasteiger partial charge in [0, 0.05) is 18.0 Å². The smallest absolute Gasteiger partial charge is 0.0276 e. The van der Waals surface area contributed by atoms with Gasteiger partial charge in [-0.3, -0.25) is 4.90 Å². The lowest BCUT2D eigenvalue weighted by atomic mass is 10.1. The van der Waals surface area contributed by atoms with Crippen LogP contribution in [-0.4, -0.2) is 18.0 Å². The fraction of sp³-hybridized carbons (Fsp3) is 0.667. The third-order valence-corrected chi connectivity index (χ3v) is 4.43. The Balaban J connectivity index is 2.00. The van der Waals surface area contributed by atoms with Gasteiger partial charge in [-0.25, -0.2) is 0 Å². The second kappa shape index (κ2) is 5.10. The summed E-state index contributed by atoms with van der Waals surface area (Å²) in [5.74, 6) is 0. The topological polar surface area (TPSA) is 29.3 Å². The maximum absolute atomic E-state index is 5.69. The molecule has 0 atom stereocenters. The van der Waals surface area contributed by atoms with Crippen molar-refractivity contribution in [1.82, 2.24) is 4.90 Å². The molecule has 1 aliphatic heterocycles. The van der Waals surface area contributed by atoms with E-state index in [-0.39, 0.29) is 0 Å². The Hall–Kier alpha value is -0.380. The molecule has 1 saturated heterocycles. The zero-order valence-electron chi connectivity index (χ0n) is 9.46. The van der Waals surface area contributed by atoms with Crippen molar-refractivity contribution in [2.24, 2.45) is 5.73 Å². The molecule has 0 aromatic carbocycles. The van der Waals surface area contributed by atoms with Crippen molar-refractivity contribution < 1.29 is 0 Å². The lowest BCUT2D eigenvalue weighted by Crippen LogP contribution is -2.29. The number of nitrogens with two attached hydrogens (primary N) is 1. The number of hydrogen-bond donors (Lipinski definition) is 1. The average Bonchev–Trinajstić information content (AvgIpc) is 2.62. The Morgan fingerprint density at radius 1 is 1.33 bits per heavy atom. The number of nitrogens with zero attached hydrogens (tertiary/aromatic N) is 1. The second-order valence-electron chi connectivity index (χ2n) is 4.35. The Labute approximate surface area is 96.1 Å². The second-order valence-corrected chi connectivity index (χ2v) is 5.31. The quantitative estimate of drug-likeness (QED) is 0.855. The van der Waals surface area contributed by atoms with Gasteiger partial charge in [0.05, 0.1) is 0 Å². The summed E-state index contributed by atoms with van der Waals surface area (Å²) in [5.41, 5.74) is 8.61. The molecule has 0 spiro atoms. The monoisotopic (exact) mass is 224 g/mol. The highest BCUT2D eigenvalue weighted by molar-refractivity contribution is 7.10. The molecule has 1 aromatic heterocycles. The van der Waals surface area contributed by atoms with Gasteiger partial charge in [-0.1, -0.05) is 6.42 Å². The zero-order valence-corrected chi connectivity index (χ0v) is 10.3. The first-order valence-corrected chi connectivity index (χ1v) is 6.67. The highest BCUT2D eigenvalue weighted by Gasteiger charge is 2.13. The van der Waals surface area contributed by atoms with Crippen LogP contribution in [0.25, 0.3) is 0 Å². The molecule has 1 aromatic rings. The van der Waals surface area contributed by atoms with E-state index >= 15 is 0 Å². The lowest BCUT2D eigenvalue weighted by Gasteiger charge is -2.26. The van der Waals surface area contributed by atoms with E-state index < -0.39 is 0 Å². The fourth-order valence-corrected chi connectivity index (χ4v) is 3.15. The van der Waals surface area contributed by atoms with Gasteiger partial charge in [-0.15, -0.1) is 11.3 Å². The van der Waals surface area contributed by atoms with Crippen LogP contribution >= 0.6 is 11.3 Å². The molecule has 1 aliphatic rings. The maximum atomic E-state index is 5.69. The van der Waals surface area contributed by atoms with Crippen molar-refractivity contribution in [2.45, 2.75) is 39.3 Å². The molecule has 2 rings (SSSR count). The summed E-state index contributed by atoms with van der Waals surface area (Å²) in [4.78, 5) is 3.92. The summed E-state index contributed by atoms with van der Waals surface area (Å²) >= 11 is 1.81. The maximum Gasteiger partial charge on any atom is 0.0276 e. The minimum absolute atomic E-state index is 0.691. The van der Waals surface area contributed by atoms with Crippen molar-refractivity contribution >= 4 is 11.3 Å². The van der Waals surface area contributed by atoms with Crippen LogP contribution in [0.3, 0.4) is 0 Å². The SMILES string of the molecule is Cc1c(CN2CCCCC2)csc1CN. The van der Waals surface area contributed by atoms with Crippen molar-refractivity contribution in [3.63, 3.8) is 0 Å². The summed E-state index contributed by atoms with van der Waals surface area (Å²) in [6, 6.07) is 0. The number of hydrogen-bond acceptors (Lipinski definition) is 3. The normalized spacial score (nSPS) is 18.3. The van der Waals surface area contributed by atoms with Crippen LogP contribution < -0.4 is 5.73 Å². The van der Waals surface area contributed by atoms with Crippen LogP contribution in [0, 0.1) is 6.92 Å². The molecule has 84 valence electrons. The molecule has 1 fully saturated rings. The van der Waals surface area contributed by atoms with E-state index in [0.29, 0.717) is 6.54 Å². The summed E-state index contributed by atoms with van der Waals surface area (Å²) in [6.07, 6.45) is 4.15. The average molecular weight is 224 g/mol. The minimum atomic E-state index is 0.691. The van der Waals surface area contributed by atoms with Crippen molar-refractivity contribution in [1.29, 1.82) is 0 Å². The predicted octanol–water partition coefficient (Wildman–Crippen LogP) is 2.50. The Morgan fingerprint density at radius 2 is 2.07 bits per heavy atom. The van der Waals surface area contributed by atoms with Crippen LogP contribution in [-0.2, 0) is 13.1 Å². The number of thiophene rings is 1. The predicted molar refractivity (Wildman–Crippen MR) is 66.1 cm³/mol. The van der Waals surface area contributed by atoms with Crippen molar-refractivity contribution in [3.05, 3.63) is 21.4 Å². The van der Waals surface area contributed by atoms with E-state index in [1.165, 1.54) is 48.4 Å². The van der Waals surface area contributed by atoms with Crippen molar-refractivity contribution in [3.8, 4) is 0 Å². The summed E-state index contributed by atoms with van der Waals surface area (Å²) in [7, 11) is 0. The summed E-state index contributed by atoms with van der Waals surface area (Å²) < 4.78 is 0. The molecular weight excluding hydrogens is 204 g/mol. The third-order valence-electron chi connectivity index (χ3n) is 3.27. The van der Waals surface area contributed by atoms with Gasteiger partial charge in [-0.2, -0.15) is 0 Å². The lowest BCUT2D eigenvalue weighted by molar-refractivity contribution is 0.221. The number of piperidine rings is 1. The highest BCUT2D eigenvalue weighted by atomic mass is 32.1. The van der Waals surface area contributed by atoms with Gasteiger partial charge in [0.15, 0.2) is 0 Å². The number of rotatable bonds is 3. The van der Waals surface area contributed by atoms with Crippen LogP contribution in [0.1, 0.15) is 35.3 Å². The number of likely N-dealkylation sites (tertiary alicyclic amines) is 1. The van der Waals surface area contributed by atoms with Crippen LogP contribution in [0.5, 0.6) is 0 Å². The molecule has 0 radical (unpaired) electrons. The fourth-order valence-electron chi connectivity index (χ4n) is 2.21. The van der Waals surface area contributed by atoms with E-state index in [1.54, 1.807) is 0 Å². The van der Waals surface area contributed by atoms with Gasteiger partial charge in [0.2, 0.25) is 0 Å². The van der Waals surface area contributed by atoms with E-state index in [1.807, 2.05) is 11.3 Å². The van der Waals surface area contributed by atoms with E-state index in [0.717, 1.165) is 6.54 Å². The van der Waals surface area contributed by atoms with Crippen LogP contribution in [0.2, 0.25) is 0 Å². The van der Waals surface area contributed by atoms with Gasteiger partial charge >= 0.3 is 0 Å². The Kier molecular flexibility index (Phi) is 3.78. The van der Waals surface area contributed by atoms with E-state index in [4.69, 9.17) is 5.73 Å². The molecule has 0 bridgehead atoms. The van der Waals surface area contributed by atoms with Gasteiger partial charge in [0.25, 0.3) is 0 Å². The molecule has 0 unspecified atom stereocenters. The molecule has 15 heavy (non-hydrogen) atoms. The molecule has 2 nitrogen and oxygen atoms in total. The molecule has 0 aliphatic carbocycles. The first-order chi connectivity index (χ1) is 7.31. The van der Waals surface area contributed by atoms with E-state index in [2.05, 4.69) is 17.2 Å². The molecule has 0 amide bonds. The van der Waals surface area contributed by atoms with Crippen LogP contribution in [0.15, 0.2) is 5.38 Å². The molecule has 0 saturated carbocycles. The molecular formula is C12H20N2S.